The highest BCUT2D eigenvalue weighted by Gasteiger charge is 2.21. The number of carbonyl (C=O) groups is 3. The quantitative estimate of drug-likeness (QED) is 0.539. The zero-order chi connectivity index (χ0) is 20.0. The van der Waals surface area contributed by atoms with Crippen molar-refractivity contribution in [1.29, 1.82) is 0 Å². The van der Waals surface area contributed by atoms with Gasteiger partial charge in [-0.25, -0.2) is 4.79 Å². The van der Waals surface area contributed by atoms with E-state index in [0.717, 1.165) is 22.0 Å². The molecule has 1 aromatic carbocycles. The van der Waals surface area contributed by atoms with Crippen molar-refractivity contribution in [3.05, 3.63) is 35.5 Å². The third kappa shape index (κ3) is 6.13. The Balaban J connectivity index is 1.80. The summed E-state index contributed by atoms with van der Waals surface area (Å²) < 4.78 is 0. The molecule has 2 aromatic rings. The van der Waals surface area contributed by atoms with Gasteiger partial charge in [-0.15, -0.1) is 0 Å². The van der Waals surface area contributed by atoms with Crippen LogP contribution in [0.2, 0.25) is 0 Å². The normalized spacial score (nSPS) is 12.1. The maximum Gasteiger partial charge on any atom is 0.326 e. The summed E-state index contributed by atoms with van der Waals surface area (Å²) in [6, 6.07) is 5.17. The molecular formula is C20H27N3O4. The molecule has 4 N–H and O–H groups in total. The van der Waals surface area contributed by atoms with E-state index < -0.39 is 17.9 Å². The number of carboxylic acids is 1. The molecule has 1 heterocycles. The Hall–Kier alpha value is -2.83. The van der Waals surface area contributed by atoms with Gasteiger partial charge in [0.05, 0.1) is 6.54 Å². The van der Waals surface area contributed by atoms with Crippen LogP contribution in [0.5, 0.6) is 0 Å². The minimum Gasteiger partial charge on any atom is -0.480 e. The lowest BCUT2D eigenvalue weighted by Crippen LogP contribution is -2.46. The van der Waals surface area contributed by atoms with E-state index >= 15 is 0 Å². The number of aliphatic carboxylic acids is 1. The summed E-state index contributed by atoms with van der Waals surface area (Å²) in [5.74, 6) is -1.68. The molecule has 1 aromatic heterocycles. The van der Waals surface area contributed by atoms with Crippen molar-refractivity contribution < 1.29 is 19.5 Å². The Morgan fingerprint density at radius 3 is 2.59 bits per heavy atom. The van der Waals surface area contributed by atoms with Gasteiger partial charge in [-0.05, 0) is 43.4 Å². The Morgan fingerprint density at radius 1 is 1.19 bits per heavy atom. The fourth-order valence-corrected chi connectivity index (χ4v) is 2.95. The van der Waals surface area contributed by atoms with Crippen LogP contribution in [0.25, 0.3) is 10.9 Å². The van der Waals surface area contributed by atoms with Gasteiger partial charge in [0, 0.05) is 23.5 Å². The van der Waals surface area contributed by atoms with Crippen molar-refractivity contribution in [3.63, 3.8) is 0 Å². The molecule has 146 valence electrons. The molecular weight excluding hydrogens is 346 g/mol. The van der Waals surface area contributed by atoms with Gasteiger partial charge >= 0.3 is 5.97 Å². The second-order valence-electron chi connectivity index (χ2n) is 7.23. The first-order valence-corrected chi connectivity index (χ1v) is 9.11. The van der Waals surface area contributed by atoms with E-state index in [-0.39, 0.29) is 24.8 Å². The highest BCUT2D eigenvalue weighted by molar-refractivity contribution is 5.88. The van der Waals surface area contributed by atoms with Crippen molar-refractivity contribution in [2.45, 2.75) is 46.1 Å². The lowest BCUT2D eigenvalue weighted by Gasteiger charge is -2.16. The van der Waals surface area contributed by atoms with Crippen LogP contribution in [0.3, 0.4) is 0 Å². The number of hydrogen-bond acceptors (Lipinski definition) is 3. The summed E-state index contributed by atoms with van der Waals surface area (Å²) in [5.41, 5.74) is 3.23. The molecule has 7 nitrogen and oxygen atoms in total. The van der Waals surface area contributed by atoms with Crippen molar-refractivity contribution in [3.8, 4) is 0 Å². The van der Waals surface area contributed by atoms with Crippen LogP contribution < -0.4 is 10.6 Å². The molecule has 0 spiro atoms. The van der Waals surface area contributed by atoms with E-state index in [1.807, 2.05) is 39.1 Å². The third-order valence-corrected chi connectivity index (χ3v) is 4.33. The number of fused-ring (bicyclic) bond motifs is 1. The lowest BCUT2D eigenvalue weighted by molar-refractivity contribution is -0.142. The molecule has 0 aliphatic carbocycles. The van der Waals surface area contributed by atoms with Crippen molar-refractivity contribution in [1.82, 2.24) is 15.6 Å². The summed E-state index contributed by atoms with van der Waals surface area (Å²) in [7, 11) is 0. The molecule has 2 amide bonds. The highest BCUT2D eigenvalue weighted by atomic mass is 16.4. The van der Waals surface area contributed by atoms with Crippen molar-refractivity contribution in [2.75, 3.05) is 6.54 Å². The first-order chi connectivity index (χ1) is 12.8. The number of rotatable bonds is 9. The summed E-state index contributed by atoms with van der Waals surface area (Å²) >= 11 is 0. The van der Waals surface area contributed by atoms with Gasteiger partial charge in [0.15, 0.2) is 0 Å². The average Bonchev–Trinajstić information content (AvgIpc) is 2.99. The first kappa shape index (κ1) is 20.5. The van der Waals surface area contributed by atoms with E-state index in [1.54, 1.807) is 0 Å². The maximum absolute atomic E-state index is 12.0. The van der Waals surface area contributed by atoms with Crippen molar-refractivity contribution in [2.24, 2.45) is 5.92 Å². The van der Waals surface area contributed by atoms with Gasteiger partial charge < -0.3 is 20.7 Å². The van der Waals surface area contributed by atoms with Crippen LogP contribution in [0.4, 0.5) is 0 Å². The van der Waals surface area contributed by atoms with Gasteiger partial charge in [0.25, 0.3) is 0 Å². The second kappa shape index (κ2) is 9.21. The van der Waals surface area contributed by atoms with E-state index in [1.165, 1.54) is 0 Å². The molecule has 27 heavy (non-hydrogen) atoms. The fourth-order valence-electron chi connectivity index (χ4n) is 2.95. The molecule has 2 rings (SSSR count). The second-order valence-corrected chi connectivity index (χ2v) is 7.23. The van der Waals surface area contributed by atoms with E-state index in [4.69, 9.17) is 5.11 Å². The number of aromatic amines is 1. The molecule has 0 aliphatic heterocycles. The number of carbonyl (C=O) groups excluding carboxylic acids is 2. The van der Waals surface area contributed by atoms with Gasteiger partial charge in [0.2, 0.25) is 11.8 Å². The zero-order valence-electron chi connectivity index (χ0n) is 16.0. The summed E-state index contributed by atoms with van der Waals surface area (Å²) in [6.07, 6.45) is 3.05. The molecule has 0 fully saturated rings. The molecule has 0 saturated carbocycles. The molecule has 1 atom stereocenters. The first-order valence-electron chi connectivity index (χ1n) is 9.11. The molecule has 0 radical (unpaired) electrons. The van der Waals surface area contributed by atoms with Crippen LogP contribution in [0.1, 0.15) is 37.8 Å². The maximum atomic E-state index is 12.0. The van der Waals surface area contributed by atoms with Crippen molar-refractivity contribution >= 4 is 28.7 Å². The van der Waals surface area contributed by atoms with Crippen LogP contribution in [0.15, 0.2) is 24.4 Å². The lowest BCUT2D eigenvalue weighted by atomic mass is 10.0. The highest BCUT2D eigenvalue weighted by Crippen LogP contribution is 2.20. The summed E-state index contributed by atoms with van der Waals surface area (Å²) in [5, 5.41) is 15.2. The van der Waals surface area contributed by atoms with E-state index in [2.05, 4.69) is 21.7 Å². The smallest absolute Gasteiger partial charge is 0.326 e. The van der Waals surface area contributed by atoms with Crippen LogP contribution in [0, 0.1) is 12.8 Å². The zero-order valence-corrected chi connectivity index (χ0v) is 16.0. The van der Waals surface area contributed by atoms with Gasteiger partial charge in [-0.1, -0.05) is 25.5 Å². The number of nitrogens with one attached hydrogen (secondary N) is 3. The minimum absolute atomic E-state index is 0.140. The van der Waals surface area contributed by atoms with E-state index in [0.29, 0.717) is 12.8 Å². The Morgan fingerprint density at radius 2 is 1.93 bits per heavy atom. The minimum atomic E-state index is -1.07. The van der Waals surface area contributed by atoms with Crippen LogP contribution in [-0.4, -0.2) is 40.5 Å². The number of aromatic nitrogens is 1. The van der Waals surface area contributed by atoms with Gasteiger partial charge in [0.1, 0.15) is 6.04 Å². The predicted molar refractivity (Wildman–Crippen MR) is 103 cm³/mol. The van der Waals surface area contributed by atoms with Gasteiger partial charge in [-0.3, -0.25) is 9.59 Å². The van der Waals surface area contributed by atoms with Gasteiger partial charge in [-0.2, -0.15) is 0 Å². The SMILES string of the molecule is Cc1ccc2[nH]cc(CCC(=O)NCC(=O)N[C@@H](CC(C)C)C(=O)O)c2c1. The third-order valence-electron chi connectivity index (χ3n) is 4.33. The standard InChI is InChI=1S/C20H27N3O4/c1-12(2)8-17(20(26)27)23-19(25)11-22-18(24)7-5-14-10-21-16-6-4-13(3)9-15(14)16/h4,6,9-10,12,17,21H,5,7-8,11H2,1-3H3,(H,22,24)(H,23,25)(H,26,27)/t17-/m0/s1. The van der Waals surface area contributed by atoms with Crippen LogP contribution >= 0.6 is 0 Å². The molecule has 7 heteroatoms. The monoisotopic (exact) mass is 373 g/mol. The Labute approximate surface area is 158 Å². The largest absolute Gasteiger partial charge is 0.480 e. The van der Waals surface area contributed by atoms with Crippen LogP contribution in [-0.2, 0) is 20.8 Å². The number of aryl methyl sites for hydroxylation is 2. The fraction of sp³-hybridized carbons (Fsp3) is 0.450. The predicted octanol–water partition coefficient (Wildman–Crippen LogP) is 2.14. The number of H-pyrrole nitrogens is 1. The number of amides is 2. The number of hydrogen-bond donors (Lipinski definition) is 4. The topological polar surface area (TPSA) is 111 Å². The number of benzene rings is 1. The molecule has 0 bridgehead atoms. The summed E-state index contributed by atoms with van der Waals surface area (Å²) in [4.78, 5) is 38.3. The Kier molecular flexibility index (Phi) is 6.98. The molecule has 0 aliphatic rings. The average molecular weight is 373 g/mol. The molecule has 0 unspecified atom stereocenters. The number of carboxylic acid groups (broad SMARTS) is 1. The summed E-state index contributed by atoms with van der Waals surface area (Å²) in [6.45, 7) is 5.56. The molecule has 0 saturated heterocycles. The van der Waals surface area contributed by atoms with E-state index in [9.17, 15) is 14.4 Å². The Bertz CT molecular complexity index is 826.